The molecule has 1 heterocycles. The molecule has 0 aliphatic carbocycles. The zero-order chi connectivity index (χ0) is 20.3. The van der Waals surface area contributed by atoms with E-state index < -0.39 is 42.1 Å². The van der Waals surface area contributed by atoms with Gasteiger partial charge in [-0.15, -0.1) is 0 Å². The lowest BCUT2D eigenvalue weighted by atomic mass is 10.1. The van der Waals surface area contributed by atoms with E-state index in [1.807, 2.05) is 0 Å². The van der Waals surface area contributed by atoms with Gasteiger partial charge in [0.2, 0.25) is 0 Å². The van der Waals surface area contributed by atoms with Crippen molar-refractivity contribution in [2.24, 2.45) is 0 Å². The molecule has 3 rings (SSSR count). The quantitative estimate of drug-likeness (QED) is 0.591. The highest BCUT2D eigenvalue weighted by molar-refractivity contribution is 6.22. The van der Waals surface area contributed by atoms with Crippen LogP contribution in [0.15, 0.2) is 48.5 Å². The van der Waals surface area contributed by atoms with Gasteiger partial charge in [0.1, 0.15) is 6.54 Å². The molecule has 2 N–H and O–H groups in total. The van der Waals surface area contributed by atoms with Crippen LogP contribution in [0.2, 0.25) is 0 Å². The summed E-state index contributed by atoms with van der Waals surface area (Å²) < 4.78 is 18.7. The van der Waals surface area contributed by atoms with Gasteiger partial charge in [-0.25, -0.2) is 4.39 Å². The van der Waals surface area contributed by atoms with Gasteiger partial charge in [0.15, 0.2) is 17.7 Å². The molecule has 1 aliphatic heterocycles. The number of carbonyl (C=O) groups excluding carboxylic acids is 4. The summed E-state index contributed by atoms with van der Waals surface area (Å²) in [6, 6.07) is 11.8. The minimum Gasteiger partial charge on any atom is -0.478 e. The molecule has 0 saturated carbocycles. The van der Waals surface area contributed by atoms with E-state index in [-0.39, 0.29) is 16.9 Å². The summed E-state index contributed by atoms with van der Waals surface area (Å²) in [5.74, 6) is -3.42. The topological polar surface area (TPSA) is 105 Å². The fourth-order valence-corrected chi connectivity index (χ4v) is 2.58. The minimum atomic E-state index is -1.10. The molecule has 0 saturated heterocycles. The second-order valence-electron chi connectivity index (χ2n) is 5.97. The number of hydrogen-bond donors (Lipinski definition) is 2. The molecular weight excluding hydrogens is 369 g/mol. The lowest BCUT2D eigenvalue weighted by Gasteiger charge is -2.17. The Hall–Kier alpha value is -3.75. The first-order valence-corrected chi connectivity index (χ1v) is 8.33. The SMILES string of the molecule is C[C@H](Oc1ccccc1F)C(=O)NNC(=O)CN1C(=O)c2ccccc2C1=O. The number of halogens is 1. The number of hydrazine groups is 1. The highest BCUT2D eigenvalue weighted by Gasteiger charge is 2.36. The van der Waals surface area contributed by atoms with Gasteiger partial charge in [-0.3, -0.25) is 34.9 Å². The van der Waals surface area contributed by atoms with Gasteiger partial charge >= 0.3 is 0 Å². The molecule has 9 heteroatoms. The maximum atomic E-state index is 13.5. The zero-order valence-electron chi connectivity index (χ0n) is 14.8. The number of imide groups is 1. The van der Waals surface area contributed by atoms with E-state index in [1.165, 1.54) is 37.3 Å². The van der Waals surface area contributed by atoms with Gasteiger partial charge in [0.25, 0.3) is 23.6 Å². The minimum absolute atomic E-state index is 0.109. The van der Waals surface area contributed by atoms with Gasteiger partial charge in [0, 0.05) is 0 Å². The van der Waals surface area contributed by atoms with Crippen molar-refractivity contribution in [1.29, 1.82) is 0 Å². The van der Waals surface area contributed by atoms with Crippen LogP contribution >= 0.6 is 0 Å². The van der Waals surface area contributed by atoms with Crippen molar-refractivity contribution >= 4 is 23.6 Å². The third kappa shape index (κ3) is 3.83. The highest BCUT2D eigenvalue weighted by atomic mass is 19.1. The van der Waals surface area contributed by atoms with Crippen molar-refractivity contribution in [3.63, 3.8) is 0 Å². The lowest BCUT2D eigenvalue weighted by Crippen LogP contribution is -2.50. The summed E-state index contributed by atoms with van der Waals surface area (Å²) in [5, 5.41) is 0. The van der Waals surface area contributed by atoms with Crippen LogP contribution in [0.5, 0.6) is 5.75 Å². The van der Waals surface area contributed by atoms with Crippen LogP contribution in [-0.2, 0) is 9.59 Å². The Kier molecular flexibility index (Phi) is 5.35. The summed E-state index contributed by atoms with van der Waals surface area (Å²) in [5.41, 5.74) is 4.65. The number of nitrogens with zero attached hydrogens (tertiary/aromatic N) is 1. The largest absolute Gasteiger partial charge is 0.478 e. The van der Waals surface area contributed by atoms with Crippen molar-refractivity contribution in [2.45, 2.75) is 13.0 Å². The predicted molar refractivity (Wildman–Crippen MR) is 94.6 cm³/mol. The number of fused-ring (bicyclic) bond motifs is 1. The van der Waals surface area contributed by atoms with E-state index in [4.69, 9.17) is 4.74 Å². The molecule has 1 atom stereocenters. The van der Waals surface area contributed by atoms with Crippen molar-refractivity contribution in [1.82, 2.24) is 15.8 Å². The predicted octanol–water partition coefficient (Wildman–Crippen LogP) is 1.04. The second kappa shape index (κ2) is 7.87. The average molecular weight is 385 g/mol. The van der Waals surface area contributed by atoms with Gasteiger partial charge in [-0.1, -0.05) is 24.3 Å². The second-order valence-corrected chi connectivity index (χ2v) is 5.97. The average Bonchev–Trinajstić information content (AvgIpc) is 2.93. The number of rotatable bonds is 5. The molecule has 1 aliphatic rings. The molecule has 144 valence electrons. The van der Waals surface area contributed by atoms with Crippen LogP contribution in [0.25, 0.3) is 0 Å². The fourth-order valence-electron chi connectivity index (χ4n) is 2.58. The number of carbonyl (C=O) groups is 4. The first kappa shape index (κ1) is 19.0. The number of nitrogens with one attached hydrogen (secondary N) is 2. The normalized spacial score (nSPS) is 13.7. The Morgan fingerprint density at radius 2 is 1.57 bits per heavy atom. The lowest BCUT2D eigenvalue weighted by molar-refractivity contribution is -0.132. The third-order valence-electron chi connectivity index (χ3n) is 4.01. The van der Waals surface area contributed by atoms with Crippen molar-refractivity contribution < 1.29 is 28.3 Å². The van der Waals surface area contributed by atoms with Crippen molar-refractivity contribution in [2.75, 3.05) is 6.54 Å². The maximum Gasteiger partial charge on any atom is 0.279 e. The Labute approximate surface area is 159 Å². The number of benzene rings is 2. The summed E-state index contributed by atoms with van der Waals surface area (Å²) >= 11 is 0. The first-order valence-electron chi connectivity index (χ1n) is 8.33. The van der Waals surface area contributed by atoms with Crippen LogP contribution in [0.1, 0.15) is 27.6 Å². The van der Waals surface area contributed by atoms with E-state index in [2.05, 4.69) is 10.9 Å². The van der Waals surface area contributed by atoms with Gasteiger partial charge in [0.05, 0.1) is 11.1 Å². The summed E-state index contributed by atoms with van der Waals surface area (Å²) in [4.78, 5) is 49.2. The molecule has 0 fully saturated rings. The Balaban J connectivity index is 1.52. The Bertz CT molecular complexity index is 927. The van der Waals surface area contributed by atoms with E-state index in [0.717, 1.165) is 4.90 Å². The van der Waals surface area contributed by atoms with Crippen LogP contribution in [-0.4, -0.2) is 41.2 Å². The number of ether oxygens (including phenoxy) is 1. The summed E-state index contributed by atoms with van der Waals surface area (Å²) in [7, 11) is 0. The van der Waals surface area contributed by atoms with E-state index in [1.54, 1.807) is 18.2 Å². The first-order chi connectivity index (χ1) is 13.4. The Morgan fingerprint density at radius 1 is 1.00 bits per heavy atom. The maximum absolute atomic E-state index is 13.5. The molecule has 0 aromatic heterocycles. The standard InChI is InChI=1S/C19H16FN3O5/c1-11(28-15-9-5-4-8-14(15)20)17(25)22-21-16(24)10-23-18(26)12-6-2-3-7-13(12)19(23)27/h2-9,11H,10H2,1H3,(H,21,24)(H,22,25)/t11-/m0/s1. The molecule has 4 amide bonds. The van der Waals surface area contributed by atoms with E-state index >= 15 is 0 Å². The Morgan fingerprint density at radius 3 is 2.18 bits per heavy atom. The van der Waals surface area contributed by atoms with Crippen LogP contribution in [0.3, 0.4) is 0 Å². The van der Waals surface area contributed by atoms with Crippen molar-refractivity contribution in [3.05, 3.63) is 65.5 Å². The molecule has 0 radical (unpaired) electrons. The fraction of sp³-hybridized carbons (Fsp3) is 0.158. The molecule has 0 bridgehead atoms. The summed E-state index contributed by atoms with van der Waals surface area (Å²) in [6.07, 6.45) is -1.10. The summed E-state index contributed by atoms with van der Waals surface area (Å²) in [6.45, 7) is 0.813. The van der Waals surface area contributed by atoms with E-state index in [0.29, 0.717) is 0 Å². The van der Waals surface area contributed by atoms with Gasteiger partial charge in [-0.2, -0.15) is 0 Å². The third-order valence-corrected chi connectivity index (χ3v) is 4.01. The molecule has 2 aromatic rings. The van der Waals surface area contributed by atoms with Crippen LogP contribution in [0.4, 0.5) is 4.39 Å². The highest BCUT2D eigenvalue weighted by Crippen LogP contribution is 2.21. The van der Waals surface area contributed by atoms with Gasteiger partial charge in [-0.05, 0) is 31.2 Å². The molecule has 0 spiro atoms. The molecule has 8 nitrogen and oxygen atoms in total. The van der Waals surface area contributed by atoms with Crippen LogP contribution < -0.4 is 15.6 Å². The molecule has 2 aromatic carbocycles. The molecule has 28 heavy (non-hydrogen) atoms. The monoisotopic (exact) mass is 385 g/mol. The van der Waals surface area contributed by atoms with Gasteiger partial charge < -0.3 is 4.74 Å². The molecule has 0 unspecified atom stereocenters. The zero-order valence-corrected chi connectivity index (χ0v) is 14.8. The molecular formula is C19H16FN3O5. The van der Waals surface area contributed by atoms with Crippen LogP contribution in [0, 0.1) is 5.82 Å². The number of para-hydroxylation sites is 1. The smallest absolute Gasteiger partial charge is 0.279 e. The number of hydrogen-bond acceptors (Lipinski definition) is 5. The number of amides is 4. The van der Waals surface area contributed by atoms with Crippen molar-refractivity contribution in [3.8, 4) is 5.75 Å². The van der Waals surface area contributed by atoms with E-state index in [9.17, 15) is 23.6 Å².